The Hall–Kier alpha value is -1.08. The van der Waals surface area contributed by atoms with Gasteiger partial charge in [0.05, 0.1) is 11.2 Å². The predicted octanol–water partition coefficient (Wildman–Crippen LogP) is -0.220. The molecule has 2 N–H and O–H groups in total. The lowest BCUT2D eigenvalue weighted by atomic mass is 9.85. The van der Waals surface area contributed by atoms with E-state index in [2.05, 4.69) is 4.98 Å². The fourth-order valence-corrected chi connectivity index (χ4v) is 0.726. The number of alkyl halides is 3. The van der Waals surface area contributed by atoms with E-state index in [0.29, 0.717) is 6.20 Å². The van der Waals surface area contributed by atoms with Crippen LogP contribution in [0.2, 0.25) is 0 Å². The van der Waals surface area contributed by atoms with Gasteiger partial charge in [0.25, 0.3) is 0 Å². The molecule has 0 unspecified atom stereocenters. The van der Waals surface area contributed by atoms with Gasteiger partial charge < -0.3 is 10.0 Å². The highest BCUT2D eigenvalue weighted by molar-refractivity contribution is 6.57. The largest absolute Gasteiger partial charge is 0.508 e. The molecule has 3 nitrogen and oxygen atoms in total. The van der Waals surface area contributed by atoms with E-state index >= 15 is 0 Å². The molecule has 0 saturated heterocycles. The van der Waals surface area contributed by atoms with Gasteiger partial charge in [-0.3, -0.25) is 4.98 Å². The fraction of sp³-hybridized carbons (Fsp3) is 0.167. The van der Waals surface area contributed by atoms with Crippen LogP contribution in [0.4, 0.5) is 13.2 Å². The molecule has 1 heterocycles. The molecule has 0 saturated carbocycles. The van der Waals surface area contributed by atoms with Crippen molar-refractivity contribution in [3.8, 4) is 0 Å². The zero-order valence-electron chi connectivity index (χ0n) is 6.28. The summed E-state index contributed by atoms with van der Waals surface area (Å²) in [4.78, 5) is 3.22. The molecule has 0 aliphatic heterocycles. The Balaban J connectivity index is 2.94. The van der Waals surface area contributed by atoms with Crippen molar-refractivity contribution in [2.75, 3.05) is 0 Å². The van der Waals surface area contributed by atoms with Crippen LogP contribution in [-0.4, -0.2) is 22.2 Å². The summed E-state index contributed by atoms with van der Waals surface area (Å²) in [6, 6.07) is 1.65. The summed E-state index contributed by atoms with van der Waals surface area (Å²) in [6.07, 6.45) is -3.90. The van der Waals surface area contributed by atoms with E-state index in [-0.39, 0.29) is 5.59 Å². The van der Waals surface area contributed by atoms with Gasteiger partial charge in [-0.2, -0.15) is 13.2 Å². The summed E-state index contributed by atoms with van der Waals surface area (Å²) in [6.45, 7) is 0. The maximum atomic E-state index is 12.0. The molecule has 0 bridgehead atoms. The van der Waals surface area contributed by atoms with Gasteiger partial charge in [-0.25, -0.2) is 0 Å². The minimum atomic E-state index is -4.45. The van der Waals surface area contributed by atoms with Crippen molar-refractivity contribution < 1.29 is 23.2 Å². The highest BCUT2D eigenvalue weighted by Crippen LogP contribution is 2.27. The molecule has 70 valence electrons. The molecule has 0 fully saturated rings. The fourth-order valence-electron chi connectivity index (χ4n) is 0.726. The van der Waals surface area contributed by atoms with Crippen molar-refractivity contribution in [2.24, 2.45) is 0 Å². The number of halogens is 3. The molecule has 7 heteroatoms. The van der Waals surface area contributed by atoms with Crippen molar-refractivity contribution >= 4 is 12.7 Å². The van der Waals surface area contributed by atoms with Gasteiger partial charge in [0.1, 0.15) is 0 Å². The van der Waals surface area contributed by atoms with Crippen LogP contribution in [0.25, 0.3) is 0 Å². The SMILES string of the molecule is OB(O)c1ccc(C(F)(F)F)cn1. The minimum absolute atomic E-state index is 0.215. The molecule has 0 aromatic carbocycles. The third kappa shape index (κ3) is 2.43. The zero-order chi connectivity index (χ0) is 10.1. The molecule has 0 radical (unpaired) electrons. The molecule has 0 aliphatic carbocycles. The van der Waals surface area contributed by atoms with Gasteiger partial charge in [0.15, 0.2) is 0 Å². The van der Waals surface area contributed by atoms with Gasteiger partial charge in [-0.1, -0.05) is 0 Å². The van der Waals surface area contributed by atoms with Gasteiger partial charge in [-0.15, -0.1) is 0 Å². The molecule has 1 rings (SSSR count). The standard InChI is InChI=1S/C6H5BF3NO2/c8-6(9,10)4-1-2-5(7(12)13)11-3-4/h1-3,12-13H. The number of hydrogen-bond donors (Lipinski definition) is 2. The van der Waals surface area contributed by atoms with Crippen molar-refractivity contribution in [1.29, 1.82) is 0 Å². The van der Waals surface area contributed by atoms with Crippen LogP contribution in [-0.2, 0) is 6.18 Å². The number of hydrogen-bond acceptors (Lipinski definition) is 3. The van der Waals surface area contributed by atoms with Gasteiger partial charge >= 0.3 is 13.3 Å². The van der Waals surface area contributed by atoms with E-state index < -0.39 is 18.9 Å². The van der Waals surface area contributed by atoms with Gasteiger partial charge in [0.2, 0.25) is 0 Å². The van der Waals surface area contributed by atoms with Gasteiger partial charge in [-0.05, 0) is 12.1 Å². The molecular formula is C6H5BF3NO2. The molecule has 0 amide bonds. The summed E-state index contributed by atoms with van der Waals surface area (Å²) < 4.78 is 35.9. The predicted molar refractivity (Wildman–Crippen MR) is 39.1 cm³/mol. The molecule has 13 heavy (non-hydrogen) atoms. The average Bonchev–Trinajstić information content (AvgIpc) is 2.03. The summed E-state index contributed by atoms with van der Waals surface area (Å²) >= 11 is 0. The van der Waals surface area contributed by atoms with E-state index in [1.54, 1.807) is 0 Å². The van der Waals surface area contributed by atoms with Crippen molar-refractivity contribution in [3.63, 3.8) is 0 Å². The maximum Gasteiger partial charge on any atom is 0.508 e. The third-order valence-electron chi connectivity index (χ3n) is 1.38. The molecule has 0 atom stereocenters. The Bertz CT molecular complexity index is 285. The normalized spacial score (nSPS) is 11.5. The van der Waals surface area contributed by atoms with Gasteiger partial charge in [0, 0.05) is 6.20 Å². The lowest BCUT2D eigenvalue weighted by Crippen LogP contribution is -2.32. The average molecular weight is 191 g/mol. The van der Waals surface area contributed by atoms with E-state index in [4.69, 9.17) is 10.0 Å². The highest BCUT2D eigenvalue weighted by atomic mass is 19.4. The van der Waals surface area contributed by atoms with Crippen LogP contribution in [0.3, 0.4) is 0 Å². The molecule has 1 aromatic heterocycles. The van der Waals surface area contributed by atoms with E-state index in [0.717, 1.165) is 12.1 Å². The van der Waals surface area contributed by atoms with Crippen LogP contribution >= 0.6 is 0 Å². The number of aromatic nitrogens is 1. The van der Waals surface area contributed by atoms with E-state index in [1.807, 2.05) is 0 Å². The molecular weight excluding hydrogens is 186 g/mol. The maximum absolute atomic E-state index is 12.0. The topological polar surface area (TPSA) is 53.4 Å². The number of pyridine rings is 1. The van der Waals surface area contributed by atoms with Crippen molar-refractivity contribution in [3.05, 3.63) is 23.9 Å². The summed E-state index contributed by atoms with van der Waals surface area (Å²) in [7, 11) is -1.85. The zero-order valence-corrected chi connectivity index (χ0v) is 6.28. The van der Waals surface area contributed by atoms with Crippen LogP contribution in [0.15, 0.2) is 18.3 Å². The lowest BCUT2D eigenvalue weighted by molar-refractivity contribution is -0.137. The molecule has 1 aromatic rings. The molecule has 0 aliphatic rings. The number of rotatable bonds is 1. The van der Waals surface area contributed by atoms with E-state index in [9.17, 15) is 13.2 Å². The Labute approximate surface area is 72.0 Å². The smallest absolute Gasteiger partial charge is 0.422 e. The van der Waals surface area contributed by atoms with E-state index in [1.165, 1.54) is 0 Å². The summed E-state index contributed by atoms with van der Waals surface area (Å²) in [5.41, 5.74) is -1.13. The lowest BCUT2D eigenvalue weighted by Gasteiger charge is -2.05. The first kappa shape index (κ1) is 10.0. The first-order valence-corrected chi connectivity index (χ1v) is 3.30. The highest BCUT2D eigenvalue weighted by Gasteiger charge is 2.31. The van der Waals surface area contributed by atoms with Crippen LogP contribution in [0, 0.1) is 0 Å². The Kier molecular flexibility index (Phi) is 2.58. The Morgan fingerprint density at radius 1 is 1.23 bits per heavy atom. The summed E-state index contributed by atoms with van der Waals surface area (Å²) in [5, 5.41) is 17.1. The second-order valence-electron chi connectivity index (χ2n) is 2.34. The van der Waals surface area contributed by atoms with Crippen molar-refractivity contribution in [1.82, 2.24) is 4.98 Å². The second kappa shape index (κ2) is 3.35. The number of nitrogens with zero attached hydrogens (tertiary/aromatic N) is 1. The van der Waals surface area contributed by atoms with Crippen molar-refractivity contribution in [2.45, 2.75) is 6.18 Å². The summed E-state index contributed by atoms with van der Waals surface area (Å²) in [5.74, 6) is 0. The van der Waals surface area contributed by atoms with Crippen LogP contribution < -0.4 is 5.59 Å². The van der Waals surface area contributed by atoms with Crippen LogP contribution in [0.5, 0.6) is 0 Å². The van der Waals surface area contributed by atoms with Crippen LogP contribution in [0.1, 0.15) is 5.56 Å². The first-order chi connectivity index (χ1) is 5.91. The Morgan fingerprint density at radius 3 is 2.15 bits per heavy atom. The monoisotopic (exact) mass is 191 g/mol. The first-order valence-electron chi connectivity index (χ1n) is 3.30. The minimum Gasteiger partial charge on any atom is -0.422 e. The quantitative estimate of drug-likeness (QED) is 0.603. The second-order valence-corrected chi connectivity index (χ2v) is 2.34. The third-order valence-corrected chi connectivity index (χ3v) is 1.38. The Morgan fingerprint density at radius 2 is 1.85 bits per heavy atom. The molecule has 0 spiro atoms.